The molecular weight excluding hydrogens is 567 g/mol. The third-order valence-electron chi connectivity index (χ3n) is 5.62. The summed E-state index contributed by atoms with van der Waals surface area (Å²) in [6, 6.07) is 22.6. The molecule has 0 amide bonds. The number of hydrogen-bond donors (Lipinski definition) is 2. The fourth-order valence-electron chi connectivity index (χ4n) is 3.84. The summed E-state index contributed by atoms with van der Waals surface area (Å²) in [6.45, 7) is 4.32. The average Bonchev–Trinajstić information content (AvgIpc) is 2.90. The van der Waals surface area contributed by atoms with E-state index >= 15 is 0 Å². The van der Waals surface area contributed by atoms with Gasteiger partial charge in [0.1, 0.15) is 0 Å². The van der Waals surface area contributed by atoms with Crippen LogP contribution < -0.4 is 20.8 Å². The summed E-state index contributed by atoms with van der Waals surface area (Å²) in [4.78, 5) is 8.83. The van der Waals surface area contributed by atoms with Crippen molar-refractivity contribution in [2.75, 3.05) is 39.3 Å². The van der Waals surface area contributed by atoms with E-state index < -0.39 is 7.25 Å². The van der Waals surface area contributed by atoms with Crippen molar-refractivity contribution < 1.29 is 44.5 Å². The SMILES string of the molecule is F[B-](F)(F)F.[Fe+5].[O-]c1ccc2ccccc2c1C=NCCNCCNCCN=Cc1c([O-])ccc2ccccc12. The van der Waals surface area contributed by atoms with E-state index in [0.717, 1.165) is 47.7 Å². The Morgan fingerprint density at radius 2 is 0.975 bits per heavy atom. The Labute approximate surface area is 240 Å². The smallest absolute Gasteiger partial charge is 0.872 e. The minimum Gasteiger partial charge on any atom is -0.872 e. The predicted octanol–water partition coefficient (Wildman–Crippen LogP) is 4.15. The van der Waals surface area contributed by atoms with E-state index in [1.807, 2.05) is 60.7 Å². The van der Waals surface area contributed by atoms with E-state index in [4.69, 9.17) is 0 Å². The van der Waals surface area contributed by atoms with Crippen molar-refractivity contribution in [3.63, 3.8) is 0 Å². The van der Waals surface area contributed by atoms with Gasteiger partial charge in [-0.15, -0.1) is 0 Å². The summed E-state index contributed by atoms with van der Waals surface area (Å²) >= 11 is 0. The van der Waals surface area contributed by atoms with Gasteiger partial charge in [0.25, 0.3) is 0 Å². The Kier molecular flexibility index (Phi) is 13.6. The van der Waals surface area contributed by atoms with Gasteiger partial charge in [0, 0.05) is 38.6 Å². The van der Waals surface area contributed by atoms with Crippen LogP contribution in [0.2, 0.25) is 0 Å². The summed E-state index contributed by atoms with van der Waals surface area (Å²) in [7, 11) is -6.00. The Morgan fingerprint density at radius 1 is 0.600 bits per heavy atom. The van der Waals surface area contributed by atoms with Crippen LogP contribution in [0.15, 0.2) is 82.8 Å². The number of nitrogens with one attached hydrogen (secondary N) is 2. The van der Waals surface area contributed by atoms with E-state index in [-0.39, 0.29) is 28.6 Å². The first kappa shape index (κ1) is 32.8. The van der Waals surface area contributed by atoms with Gasteiger partial charge in [-0.1, -0.05) is 84.3 Å². The van der Waals surface area contributed by atoms with Crippen molar-refractivity contribution in [2.24, 2.45) is 9.98 Å². The molecule has 0 unspecified atom stereocenters. The molecule has 0 spiro atoms. The second-order valence-electron chi connectivity index (χ2n) is 8.46. The number of rotatable bonds is 11. The van der Waals surface area contributed by atoms with Gasteiger partial charge >= 0.3 is 24.3 Å². The molecule has 0 aliphatic carbocycles. The van der Waals surface area contributed by atoms with Crippen LogP contribution >= 0.6 is 0 Å². The Hall–Kier alpha value is -3.44. The maximum Gasteiger partial charge on any atom is 5.00 e. The minimum atomic E-state index is -6.00. The molecule has 6 nitrogen and oxygen atoms in total. The zero-order valence-corrected chi connectivity index (χ0v) is 22.6. The maximum absolute atomic E-state index is 12.2. The number of fused-ring (bicyclic) bond motifs is 2. The molecule has 0 bridgehead atoms. The molecule has 0 atom stereocenters. The number of aliphatic imine (C=N–C) groups is 2. The normalized spacial score (nSPS) is 11.6. The van der Waals surface area contributed by atoms with Crippen LogP contribution in [0.5, 0.6) is 11.5 Å². The molecule has 12 heteroatoms. The van der Waals surface area contributed by atoms with Crippen LogP contribution in [0.4, 0.5) is 17.3 Å². The van der Waals surface area contributed by atoms with Gasteiger partial charge in [-0.3, -0.25) is 9.98 Å². The van der Waals surface area contributed by atoms with Crippen molar-refractivity contribution in [3.8, 4) is 11.5 Å². The molecule has 209 valence electrons. The molecule has 0 heterocycles. The first-order valence-electron chi connectivity index (χ1n) is 12.4. The molecule has 0 saturated carbocycles. The van der Waals surface area contributed by atoms with Crippen molar-refractivity contribution in [2.45, 2.75) is 0 Å². The largest absolute Gasteiger partial charge is 5.00 e. The monoisotopic (exact) mass is 595 g/mol. The van der Waals surface area contributed by atoms with Crippen molar-refractivity contribution in [1.82, 2.24) is 10.6 Å². The Balaban J connectivity index is 0.000000858. The number of nitrogens with zero attached hydrogens (tertiary/aromatic N) is 2. The summed E-state index contributed by atoms with van der Waals surface area (Å²) in [5.74, 6) is -0.0108. The summed E-state index contributed by atoms with van der Waals surface area (Å²) in [5, 5.41) is 34.9. The van der Waals surface area contributed by atoms with E-state index in [1.54, 1.807) is 24.6 Å². The average molecular weight is 595 g/mol. The fraction of sp³-hybridized carbons (Fsp3) is 0.214. The van der Waals surface area contributed by atoms with Crippen LogP contribution in [-0.2, 0) is 17.1 Å². The molecule has 2 N–H and O–H groups in total. The van der Waals surface area contributed by atoms with Gasteiger partial charge in [-0.2, -0.15) is 0 Å². The topological polar surface area (TPSA) is 94.9 Å². The molecule has 40 heavy (non-hydrogen) atoms. The van der Waals surface area contributed by atoms with Gasteiger partial charge in [-0.25, -0.2) is 0 Å². The van der Waals surface area contributed by atoms with E-state index in [2.05, 4.69) is 20.6 Å². The molecule has 0 fully saturated rings. The summed E-state index contributed by atoms with van der Waals surface area (Å²) < 4.78 is 39.0. The molecule has 0 aliphatic rings. The Bertz CT molecular complexity index is 1310. The van der Waals surface area contributed by atoms with Gasteiger partial charge in [0.15, 0.2) is 0 Å². The molecule has 0 aliphatic heterocycles. The zero-order valence-electron chi connectivity index (χ0n) is 21.5. The minimum absolute atomic E-state index is 0. The van der Waals surface area contributed by atoms with Crippen LogP contribution in [0.1, 0.15) is 11.1 Å². The van der Waals surface area contributed by atoms with Gasteiger partial charge in [0.2, 0.25) is 0 Å². The third kappa shape index (κ3) is 11.0. The first-order valence-corrected chi connectivity index (χ1v) is 12.4. The number of benzene rings is 4. The van der Waals surface area contributed by atoms with E-state index in [1.165, 1.54) is 0 Å². The number of halogens is 4. The molecule has 1 radical (unpaired) electrons. The standard InChI is InChI=1S/C28H30N4O2.BF4.Fe/c33-27-11-9-21-5-1-3-7-23(21)25(27)19-31-17-15-29-13-14-30-16-18-32-20-26-24-8-4-2-6-22(24)10-12-28(26)34;2-1(3,4)5;/h1-12,19-20,29-30,33-34H,13-18H2;;/q;-1;+5/p-2. The summed E-state index contributed by atoms with van der Waals surface area (Å²) in [5.41, 5.74) is 1.29. The molecule has 0 aromatic heterocycles. The Morgan fingerprint density at radius 3 is 1.38 bits per heavy atom. The maximum atomic E-state index is 12.2. The molecule has 0 saturated heterocycles. The van der Waals surface area contributed by atoms with Crippen molar-refractivity contribution in [3.05, 3.63) is 83.9 Å². The second kappa shape index (κ2) is 16.6. The van der Waals surface area contributed by atoms with Crippen LogP contribution in [-0.4, -0.2) is 59.0 Å². The molecular formula is C28H28BF4FeN4O2+2. The third-order valence-corrected chi connectivity index (χ3v) is 5.62. The molecule has 4 aromatic carbocycles. The second-order valence-corrected chi connectivity index (χ2v) is 8.46. The van der Waals surface area contributed by atoms with Gasteiger partial charge < -0.3 is 38.1 Å². The first-order chi connectivity index (χ1) is 18.7. The van der Waals surface area contributed by atoms with Gasteiger partial charge in [-0.05, 0) is 32.7 Å². The number of hydrogen-bond acceptors (Lipinski definition) is 6. The van der Waals surface area contributed by atoms with Crippen LogP contribution in [0, 0.1) is 0 Å². The zero-order chi connectivity index (χ0) is 28.1. The summed E-state index contributed by atoms with van der Waals surface area (Å²) in [6.07, 6.45) is 3.37. The molecule has 4 aromatic rings. The van der Waals surface area contributed by atoms with Crippen molar-refractivity contribution >= 4 is 41.2 Å². The van der Waals surface area contributed by atoms with Gasteiger partial charge in [0.05, 0.1) is 13.1 Å². The fourth-order valence-corrected chi connectivity index (χ4v) is 3.84. The quantitative estimate of drug-likeness (QED) is 0.118. The van der Waals surface area contributed by atoms with Crippen LogP contribution in [0.3, 0.4) is 0 Å². The predicted molar refractivity (Wildman–Crippen MR) is 148 cm³/mol. The van der Waals surface area contributed by atoms with E-state index in [9.17, 15) is 27.5 Å². The van der Waals surface area contributed by atoms with E-state index in [0.29, 0.717) is 24.2 Å². The van der Waals surface area contributed by atoms with Crippen LogP contribution in [0.25, 0.3) is 21.5 Å². The molecule has 4 rings (SSSR count). The van der Waals surface area contributed by atoms with Crippen molar-refractivity contribution in [1.29, 1.82) is 0 Å².